The standard InChI is InChI=1S/C16H21F3N2O3/c17-16(18,19)11-24-10-15(23)20-7-14(22)9-21-6-5-12-3-1-2-4-13(12)8-21/h1-4,14,22H,5-11H2,(H,20,23). The van der Waals surface area contributed by atoms with Crippen molar-refractivity contribution in [3.63, 3.8) is 0 Å². The van der Waals surface area contributed by atoms with Crippen LogP contribution in [0.15, 0.2) is 24.3 Å². The Morgan fingerprint density at radius 3 is 2.75 bits per heavy atom. The predicted octanol–water partition coefficient (Wildman–Crippen LogP) is 1.10. The van der Waals surface area contributed by atoms with Gasteiger partial charge in [0.2, 0.25) is 5.91 Å². The summed E-state index contributed by atoms with van der Waals surface area (Å²) in [7, 11) is 0. The lowest BCUT2D eigenvalue weighted by Crippen LogP contribution is -2.42. The molecule has 0 saturated carbocycles. The van der Waals surface area contributed by atoms with Gasteiger partial charge in [0.05, 0.1) is 6.10 Å². The first-order valence-corrected chi connectivity index (χ1v) is 7.72. The monoisotopic (exact) mass is 346 g/mol. The third-order valence-electron chi connectivity index (χ3n) is 3.71. The van der Waals surface area contributed by atoms with E-state index in [1.165, 1.54) is 11.1 Å². The number of aliphatic hydroxyl groups is 1. The van der Waals surface area contributed by atoms with E-state index in [2.05, 4.69) is 21.0 Å². The molecular weight excluding hydrogens is 325 g/mol. The van der Waals surface area contributed by atoms with Gasteiger partial charge in [-0.15, -0.1) is 0 Å². The fourth-order valence-corrected chi connectivity index (χ4v) is 2.61. The van der Waals surface area contributed by atoms with E-state index in [-0.39, 0.29) is 6.54 Å². The van der Waals surface area contributed by atoms with E-state index in [1.54, 1.807) is 0 Å². The minimum absolute atomic E-state index is 0.0215. The topological polar surface area (TPSA) is 61.8 Å². The molecule has 8 heteroatoms. The van der Waals surface area contributed by atoms with Crippen LogP contribution >= 0.6 is 0 Å². The quantitative estimate of drug-likeness (QED) is 0.776. The zero-order valence-corrected chi connectivity index (χ0v) is 13.2. The summed E-state index contributed by atoms with van der Waals surface area (Å²) in [4.78, 5) is 13.4. The number of nitrogens with one attached hydrogen (secondary N) is 1. The van der Waals surface area contributed by atoms with Crippen molar-refractivity contribution in [1.29, 1.82) is 0 Å². The summed E-state index contributed by atoms with van der Waals surface area (Å²) in [5.41, 5.74) is 2.53. The number of hydrogen-bond acceptors (Lipinski definition) is 4. The minimum atomic E-state index is -4.45. The van der Waals surface area contributed by atoms with Gasteiger partial charge in [-0.2, -0.15) is 13.2 Å². The van der Waals surface area contributed by atoms with Gasteiger partial charge in [0, 0.05) is 26.2 Å². The van der Waals surface area contributed by atoms with Crippen molar-refractivity contribution in [2.45, 2.75) is 25.2 Å². The molecule has 1 unspecified atom stereocenters. The Morgan fingerprint density at radius 1 is 1.33 bits per heavy atom. The largest absolute Gasteiger partial charge is 0.411 e. The fraction of sp³-hybridized carbons (Fsp3) is 0.562. The van der Waals surface area contributed by atoms with Crippen LogP contribution < -0.4 is 5.32 Å². The second-order valence-corrected chi connectivity index (χ2v) is 5.82. The maximum atomic E-state index is 11.9. The summed E-state index contributed by atoms with van der Waals surface area (Å²) >= 11 is 0. The number of nitrogens with zero attached hydrogens (tertiary/aromatic N) is 1. The Balaban J connectivity index is 1.65. The van der Waals surface area contributed by atoms with Crippen molar-refractivity contribution < 1.29 is 27.8 Å². The van der Waals surface area contributed by atoms with Crippen molar-refractivity contribution in [1.82, 2.24) is 10.2 Å². The average Bonchev–Trinajstić information content (AvgIpc) is 2.51. The summed E-state index contributed by atoms with van der Waals surface area (Å²) in [5.74, 6) is -0.678. The first-order chi connectivity index (χ1) is 11.3. The lowest BCUT2D eigenvalue weighted by Gasteiger charge is -2.30. The molecule has 2 N–H and O–H groups in total. The lowest BCUT2D eigenvalue weighted by molar-refractivity contribution is -0.175. The van der Waals surface area contributed by atoms with Crippen LogP contribution in [0.4, 0.5) is 13.2 Å². The van der Waals surface area contributed by atoms with E-state index < -0.39 is 31.4 Å². The first kappa shape index (κ1) is 18.7. The van der Waals surface area contributed by atoms with E-state index in [0.29, 0.717) is 6.54 Å². The van der Waals surface area contributed by atoms with E-state index in [1.807, 2.05) is 18.2 Å². The van der Waals surface area contributed by atoms with Crippen molar-refractivity contribution in [2.75, 3.05) is 32.8 Å². The summed E-state index contributed by atoms with van der Waals surface area (Å²) in [6.45, 7) is -0.226. The number of ether oxygens (including phenoxy) is 1. The molecule has 134 valence electrons. The number of β-amino-alcohol motifs (C(OH)–C–C–N with tert-alkyl or cyclic N) is 1. The number of aliphatic hydroxyl groups excluding tert-OH is 1. The van der Waals surface area contributed by atoms with Gasteiger partial charge in [0.15, 0.2) is 0 Å². The highest BCUT2D eigenvalue weighted by atomic mass is 19.4. The predicted molar refractivity (Wildman–Crippen MR) is 81.3 cm³/mol. The third-order valence-corrected chi connectivity index (χ3v) is 3.71. The van der Waals surface area contributed by atoms with Crippen LogP contribution in [0.25, 0.3) is 0 Å². The number of amides is 1. The van der Waals surface area contributed by atoms with Crippen LogP contribution in [0.3, 0.4) is 0 Å². The number of carbonyl (C=O) groups excluding carboxylic acids is 1. The second kappa shape index (κ2) is 8.46. The van der Waals surface area contributed by atoms with Gasteiger partial charge in [0.25, 0.3) is 0 Å². The Bertz CT molecular complexity index is 552. The summed E-state index contributed by atoms with van der Waals surface area (Å²) in [6.07, 6.45) is -4.34. The molecule has 1 heterocycles. The Labute approximate surface area is 138 Å². The molecular formula is C16H21F3N2O3. The SMILES string of the molecule is O=C(COCC(F)(F)F)NCC(O)CN1CCc2ccccc2C1. The lowest BCUT2D eigenvalue weighted by atomic mass is 10.00. The zero-order valence-electron chi connectivity index (χ0n) is 13.2. The molecule has 1 aliphatic rings. The molecule has 0 radical (unpaired) electrons. The molecule has 0 aromatic heterocycles. The normalized spacial score (nSPS) is 16.5. The van der Waals surface area contributed by atoms with Gasteiger partial charge in [-0.1, -0.05) is 24.3 Å². The average molecular weight is 346 g/mol. The third kappa shape index (κ3) is 6.46. The van der Waals surface area contributed by atoms with E-state index in [0.717, 1.165) is 19.5 Å². The van der Waals surface area contributed by atoms with E-state index >= 15 is 0 Å². The van der Waals surface area contributed by atoms with Gasteiger partial charge < -0.3 is 15.2 Å². The number of benzene rings is 1. The van der Waals surface area contributed by atoms with E-state index in [9.17, 15) is 23.1 Å². The highest BCUT2D eigenvalue weighted by molar-refractivity contribution is 5.77. The zero-order chi connectivity index (χ0) is 17.6. The Hall–Kier alpha value is -1.64. The molecule has 0 aliphatic carbocycles. The molecule has 0 saturated heterocycles. The molecule has 1 aromatic carbocycles. The molecule has 0 fully saturated rings. The maximum Gasteiger partial charge on any atom is 0.411 e. The highest BCUT2D eigenvalue weighted by Gasteiger charge is 2.27. The second-order valence-electron chi connectivity index (χ2n) is 5.82. The Morgan fingerprint density at radius 2 is 2.04 bits per heavy atom. The molecule has 1 aliphatic heterocycles. The number of alkyl halides is 3. The smallest absolute Gasteiger partial charge is 0.390 e. The van der Waals surface area contributed by atoms with Crippen molar-refractivity contribution in [3.8, 4) is 0 Å². The van der Waals surface area contributed by atoms with Gasteiger partial charge >= 0.3 is 6.18 Å². The minimum Gasteiger partial charge on any atom is -0.390 e. The molecule has 1 atom stereocenters. The van der Waals surface area contributed by atoms with E-state index in [4.69, 9.17) is 0 Å². The number of fused-ring (bicyclic) bond motifs is 1. The number of halogens is 3. The van der Waals surface area contributed by atoms with Crippen LogP contribution in [0.1, 0.15) is 11.1 Å². The summed E-state index contributed by atoms with van der Waals surface area (Å²) in [6, 6.07) is 8.11. The van der Waals surface area contributed by atoms with Crippen LogP contribution in [-0.2, 0) is 22.5 Å². The number of carbonyl (C=O) groups is 1. The van der Waals surface area contributed by atoms with Crippen LogP contribution in [0.2, 0.25) is 0 Å². The van der Waals surface area contributed by atoms with Crippen LogP contribution in [-0.4, -0.2) is 61.0 Å². The van der Waals surface area contributed by atoms with Crippen LogP contribution in [0, 0.1) is 0 Å². The number of hydrogen-bond donors (Lipinski definition) is 2. The van der Waals surface area contributed by atoms with Crippen molar-refractivity contribution in [3.05, 3.63) is 35.4 Å². The highest BCUT2D eigenvalue weighted by Crippen LogP contribution is 2.18. The van der Waals surface area contributed by atoms with Gasteiger partial charge in [-0.05, 0) is 17.5 Å². The molecule has 2 rings (SSSR count). The van der Waals surface area contributed by atoms with Crippen LogP contribution in [0.5, 0.6) is 0 Å². The number of rotatable bonds is 7. The molecule has 0 spiro atoms. The van der Waals surface area contributed by atoms with Crippen molar-refractivity contribution in [2.24, 2.45) is 0 Å². The van der Waals surface area contributed by atoms with Gasteiger partial charge in [0.1, 0.15) is 13.2 Å². The molecule has 0 bridgehead atoms. The molecule has 1 amide bonds. The molecule has 5 nitrogen and oxygen atoms in total. The van der Waals surface area contributed by atoms with Crippen molar-refractivity contribution >= 4 is 5.91 Å². The maximum absolute atomic E-state index is 11.9. The summed E-state index contributed by atoms with van der Waals surface area (Å²) in [5, 5.41) is 12.3. The fourth-order valence-electron chi connectivity index (χ4n) is 2.61. The molecule has 24 heavy (non-hydrogen) atoms. The first-order valence-electron chi connectivity index (χ1n) is 7.72. The van der Waals surface area contributed by atoms with Gasteiger partial charge in [-0.3, -0.25) is 9.69 Å². The van der Waals surface area contributed by atoms with Gasteiger partial charge in [-0.25, -0.2) is 0 Å². The Kier molecular flexibility index (Phi) is 6.59. The molecule has 1 aromatic rings. The summed E-state index contributed by atoms with van der Waals surface area (Å²) < 4.78 is 39.9.